The summed E-state index contributed by atoms with van der Waals surface area (Å²) in [7, 11) is 0. The van der Waals surface area contributed by atoms with Crippen molar-refractivity contribution < 1.29 is 13.9 Å². The van der Waals surface area contributed by atoms with Crippen molar-refractivity contribution in [2.24, 2.45) is 0 Å². The monoisotopic (exact) mass is 235 g/mol. The van der Waals surface area contributed by atoms with E-state index in [0.717, 1.165) is 0 Å². The highest BCUT2D eigenvalue weighted by Gasteiger charge is 2.12. The van der Waals surface area contributed by atoms with Crippen molar-refractivity contribution in [2.45, 2.75) is 12.1 Å². The van der Waals surface area contributed by atoms with Gasteiger partial charge in [0.15, 0.2) is 5.69 Å². The normalized spacial score (nSPS) is 10.1. The van der Waals surface area contributed by atoms with Crippen LogP contribution in [0.25, 0.3) is 0 Å². The van der Waals surface area contributed by atoms with Crippen LogP contribution in [0.1, 0.15) is 17.4 Å². The lowest BCUT2D eigenvalue weighted by Crippen LogP contribution is -2.04. The summed E-state index contributed by atoms with van der Waals surface area (Å²) >= 11 is 6.85. The predicted molar refractivity (Wildman–Crippen MR) is 53.9 cm³/mol. The van der Waals surface area contributed by atoms with Gasteiger partial charge >= 0.3 is 5.97 Å². The van der Waals surface area contributed by atoms with Crippen molar-refractivity contribution >= 4 is 29.3 Å². The molecular formula is C8H10ClNO3S. The molecular weight excluding hydrogens is 226 g/mol. The maximum absolute atomic E-state index is 11.2. The van der Waals surface area contributed by atoms with Crippen LogP contribution < -0.4 is 0 Å². The Bertz CT molecular complexity index is 303. The summed E-state index contributed by atoms with van der Waals surface area (Å²) in [5.74, 6) is 0.750. The van der Waals surface area contributed by atoms with Gasteiger partial charge in [0.2, 0.25) is 0 Å². The zero-order valence-corrected chi connectivity index (χ0v) is 9.23. The van der Waals surface area contributed by atoms with E-state index >= 15 is 0 Å². The van der Waals surface area contributed by atoms with Crippen LogP contribution >= 0.6 is 23.4 Å². The van der Waals surface area contributed by atoms with Gasteiger partial charge in [-0.25, -0.2) is 4.79 Å². The Morgan fingerprint density at radius 3 is 3.21 bits per heavy atom. The summed E-state index contributed by atoms with van der Waals surface area (Å²) in [6.07, 6.45) is 1.29. The molecule has 14 heavy (non-hydrogen) atoms. The maximum Gasteiger partial charge on any atom is 0.360 e. The van der Waals surface area contributed by atoms with Gasteiger partial charge in [-0.2, -0.15) is 4.98 Å². The molecule has 6 heteroatoms. The van der Waals surface area contributed by atoms with E-state index in [4.69, 9.17) is 20.8 Å². The van der Waals surface area contributed by atoms with Gasteiger partial charge in [-0.3, -0.25) is 0 Å². The Hall–Kier alpha value is -0.680. The molecule has 1 aromatic heterocycles. The first-order chi connectivity index (χ1) is 6.77. The zero-order valence-electron chi connectivity index (χ0n) is 7.66. The van der Waals surface area contributed by atoms with Crippen molar-refractivity contribution in [2.75, 3.05) is 18.2 Å². The van der Waals surface area contributed by atoms with E-state index in [2.05, 4.69) is 4.98 Å². The van der Waals surface area contributed by atoms with E-state index in [-0.39, 0.29) is 5.69 Å². The second-order valence-corrected chi connectivity index (χ2v) is 3.68. The van der Waals surface area contributed by atoms with Crippen molar-refractivity contribution in [1.82, 2.24) is 4.98 Å². The highest BCUT2D eigenvalue weighted by atomic mass is 35.5. The number of thioether (sulfide) groups is 1. The molecule has 1 heterocycles. The fourth-order valence-corrected chi connectivity index (χ4v) is 1.51. The third-order valence-corrected chi connectivity index (χ3v) is 2.53. The highest BCUT2D eigenvalue weighted by molar-refractivity contribution is 7.99. The van der Waals surface area contributed by atoms with Gasteiger partial charge < -0.3 is 9.15 Å². The van der Waals surface area contributed by atoms with Crippen molar-refractivity contribution in [3.05, 3.63) is 12.0 Å². The van der Waals surface area contributed by atoms with E-state index in [9.17, 15) is 4.79 Å². The average Bonchev–Trinajstić information content (AvgIpc) is 2.63. The fraction of sp³-hybridized carbons (Fsp3) is 0.500. The molecule has 0 unspecified atom stereocenters. The number of halogens is 1. The van der Waals surface area contributed by atoms with Crippen molar-refractivity contribution in [3.8, 4) is 0 Å². The summed E-state index contributed by atoms with van der Waals surface area (Å²) in [6, 6.07) is 0. The number of hydrogen-bond acceptors (Lipinski definition) is 5. The number of nitrogens with zero attached hydrogens (tertiary/aromatic N) is 1. The standard InChI is InChI=1S/C8H10ClNO3S/c1-2-12-7(11)6-5-13-8(10-6)14-4-3-9/h5H,2-4H2,1H3. The molecule has 1 aromatic rings. The molecule has 0 aliphatic rings. The van der Waals surface area contributed by atoms with E-state index in [1.54, 1.807) is 6.92 Å². The number of oxazole rings is 1. The minimum Gasteiger partial charge on any atom is -0.461 e. The molecule has 1 rings (SSSR count). The number of carbonyl (C=O) groups is 1. The Morgan fingerprint density at radius 2 is 2.57 bits per heavy atom. The van der Waals surface area contributed by atoms with Gasteiger partial charge in [0.05, 0.1) is 6.61 Å². The van der Waals surface area contributed by atoms with E-state index in [1.165, 1.54) is 18.0 Å². The Kier molecular flexibility index (Phi) is 4.82. The lowest BCUT2D eigenvalue weighted by atomic mass is 10.5. The minimum atomic E-state index is -0.464. The predicted octanol–water partition coefficient (Wildman–Crippen LogP) is 2.18. The smallest absolute Gasteiger partial charge is 0.360 e. The molecule has 78 valence electrons. The highest BCUT2D eigenvalue weighted by Crippen LogP contribution is 2.17. The molecule has 0 aromatic carbocycles. The second-order valence-electron chi connectivity index (χ2n) is 2.26. The molecule has 0 saturated heterocycles. The molecule has 0 spiro atoms. The van der Waals surface area contributed by atoms with Crippen molar-refractivity contribution in [1.29, 1.82) is 0 Å². The average molecular weight is 236 g/mol. The third kappa shape index (κ3) is 3.23. The van der Waals surface area contributed by atoms with Gasteiger partial charge in [-0.1, -0.05) is 11.8 Å². The first-order valence-corrected chi connectivity index (χ1v) is 5.61. The van der Waals surface area contributed by atoms with Crippen LogP contribution in [0.5, 0.6) is 0 Å². The number of hydrogen-bond donors (Lipinski definition) is 0. The SMILES string of the molecule is CCOC(=O)c1coc(SCCCl)n1. The van der Waals surface area contributed by atoms with Crippen LogP contribution in [0, 0.1) is 0 Å². The van der Waals surface area contributed by atoms with Gasteiger partial charge in [-0.15, -0.1) is 11.6 Å². The lowest BCUT2D eigenvalue weighted by molar-refractivity contribution is 0.0519. The maximum atomic E-state index is 11.2. The van der Waals surface area contributed by atoms with E-state index < -0.39 is 5.97 Å². The van der Waals surface area contributed by atoms with Gasteiger partial charge in [-0.05, 0) is 6.92 Å². The third-order valence-electron chi connectivity index (χ3n) is 1.27. The van der Waals surface area contributed by atoms with Crippen LogP contribution in [0.4, 0.5) is 0 Å². The molecule has 0 radical (unpaired) electrons. The Morgan fingerprint density at radius 1 is 1.79 bits per heavy atom. The van der Waals surface area contributed by atoms with Crippen LogP contribution in [0.2, 0.25) is 0 Å². The van der Waals surface area contributed by atoms with Crippen molar-refractivity contribution in [3.63, 3.8) is 0 Å². The first kappa shape index (κ1) is 11.4. The number of ether oxygens (including phenoxy) is 1. The van der Waals surface area contributed by atoms with Crippen LogP contribution in [0.3, 0.4) is 0 Å². The van der Waals surface area contributed by atoms with Crippen LogP contribution in [-0.4, -0.2) is 29.2 Å². The van der Waals surface area contributed by atoms with Gasteiger partial charge in [0.25, 0.3) is 5.22 Å². The number of esters is 1. The summed E-state index contributed by atoms with van der Waals surface area (Å²) < 4.78 is 9.78. The van der Waals surface area contributed by atoms with E-state index in [1.807, 2.05) is 0 Å². The topological polar surface area (TPSA) is 52.3 Å². The van der Waals surface area contributed by atoms with Gasteiger partial charge in [0, 0.05) is 11.6 Å². The first-order valence-electron chi connectivity index (χ1n) is 4.09. The molecule has 4 nitrogen and oxygen atoms in total. The number of alkyl halides is 1. The molecule has 0 N–H and O–H groups in total. The van der Waals surface area contributed by atoms with E-state index in [0.29, 0.717) is 23.5 Å². The Balaban J connectivity index is 2.54. The largest absolute Gasteiger partial charge is 0.461 e. The molecule has 0 aliphatic heterocycles. The van der Waals surface area contributed by atoms with Crippen LogP contribution in [0.15, 0.2) is 15.9 Å². The van der Waals surface area contributed by atoms with Gasteiger partial charge in [0.1, 0.15) is 6.26 Å². The molecule has 0 bridgehead atoms. The fourth-order valence-electron chi connectivity index (χ4n) is 0.748. The number of rotatable bonds is 5. The zero-order chi connectivity index (χ0) is 10.4. The minimum absolute atomic E-state index is 0.198. The molecule has 0 fully saturated rings. The number of carbonyl (C=O) groups excluding carboxylic acids is 1. The van der Waals surface area contributed by atoms with Crippen LogP contribution in [-0.2, 0) is 4.74 Å². The number of aromatic nitrogens is 1. The summed E-state index contributed by atoms with van der Waals surface area (Å²) in [5.41, 5.74) is 0.198. The summed E-state index contributed by atoms with van der Waals surface area (Å²) in [6.45, 7) is 2.07. The second kappa shape index (κ2) is 5.93. The molecule has 0 saturated carbocycles. The summed E-state index contributed by atoms with van der Waals surface area (Å²) in [5, 5.41) is 0.439. The summed E-state index contributed by atoms with van der Waals surface area (Å²) in [4.78, 5) is 15.1. The molecule has 0 atom stereocenters. The Labute approximate surface area is 91.0 Å². The quantitative estimate of drug-likeness (QED) is 0.445. The molecule has 0 amide bonds. The molecule has 0 aliphatic carbocycles. The lowest BCUT2D eigenvalue weighted by Gasteiger charge is -1.94.